The number of carbonyl (C=O) groups excluding carboxylic acids is 2. The van der Waals surface area contributed by atoms with Crippen LogP contribution in [0.4, 0.5) is 0 Å². The Balaban J connectivity index is 0.000000295. The Bertz CT molecular complexity index is 907. The predicted octanol–water partition coefficient (Wildman–Crippen LogP) is 4.73. The van der Waals surface area contributed by atoms with Gasteiger partial charge in [0.15, 0.2) is 14.1 Å². The summed E-state index contributed by atoms with van der Waals surface area (Å²) in [6.45, 7) is 19.7. The van der Waals surface area contributed by atoms with Gasteiger partial charge in [-0.05, 0) is 94.3 Å². The van der Waals surface area contributed by atoms with Crippen LogP contribution in [0.3, 0.4) is 0 Å². The normalized spacial score (nSPS) is 41.4. The maximum absolute atomic E-state index is 13.4. The summed E-state index contributed by atoms with van der Waals surface area (Å²) in [4.78, 5) is 25.7. The molecule has 0 heterocycles. The first-order valence-electron chi connectivity index (χ1n) is 14.0. The molecule has 0 aromatic heterocycles. The van der Waals surface area contributed by atoms with E-state index in [-0.39, 0.29) is 41.5 Å². The van der Waals surface area contributed by atoms with Crippen LogP contribution >= 0.6 is 0 Å². The molecule has 4 saturated carbocycles. The van der Waals surface area contributed by atoms with Crippen molar-refractivity contribution in [1.82, 2.24) is 0 Å². The smallest absolute Gasteiger partial charge is 0.226 e. The summed E-state index contributed by atoms with van der Waals surface area (Å²) in [5, 5.41) is 30.6. The molecule has 6 nitrogen and oxygen atoms in total. The van der Waals surface area contributed by atoms with Crippen molar-refractivity contribution in [3.63, 3.8) is 0 Å². The fourth-order valence-electron chi connectivity index (χ4n) is 8.47. The summed E-state index contributed by atoms with van der Waals surface area (Å²) in [5.41, 5.74) is 1.45. The Morgan fingerprint density at radius 2 is 1.70 bits per heavy atom. The van der Waals surface area contributed by atoms with Gasteiger partial charge in [-0.2, -0.15) is 0 Å². The van der Waals surface area contributed by atoms with Gasteiger partial charge in [-0.3, -0.25) is 9.59 Å². The minimum atomic E-state index is -1.74. The van der Waals surface area contributed by atoms with Gasteiger partial charge < -0.3 is 19.4 Å². The number of ketones is 2. The monoisotopic (exact) mass is 550 g/mol. The Labute approximate surface area is 225 Å². The maximum atomic E-state index is 13.4. The van der Waals surface area contributed by atoms with Gasteiger partial charge in [0.2, 0.25) is 8.32 Å². The second kappa shape index (κ2) is 10.6. The van der Waals surface area contributed by atoms with Gasteiger partial charge in [0.25, 0.3) is 0 Å². The third-order valence-corrected chi connectivity index (χ3v) is 16.2. The van der Waals surface area contributed by atoms with Crippen LogP contribution in [0, 0.1) is 34.5 Å². The van der Waals surface area contributed by atoms with Crippen LogP contribution in [0.25, 0.3) is 0 Å². The van der Waals surface area contributed by atoms with Crippen molar-refractivity contribution < 1.29 is 29.0 Å². The van der Waals surface area contributed by atoms with Gasteiger partial charge in [-0.1, -0.05) is 25.2 Å². The van der Waals surface area contributed by atoms with Gasteiger partial charge in [0.05, 0.1) is 6.10 Å². The minimum Gasteiger partial charge on any atom is -0.450 e. The molecule has 37 heavy (non-hydrogen) atoms. The van der Waals surface area contributed by atoms with Gasteiger partial charge in [-0.15, -0.1) is 13.2 Å². The van der Waals surface area contributed by atoms with Gasteiger partial charge in [0, 0.05) is 17.8 Å². The van der Waals surface area contributed by atoms with E-state index < -0.39 is 40.0 Å². The molecule has 8 heteroatoms. The Hall–Kier alpha value is -0.906. The quantitative estimate of drug-likeness (QED) is 0.413. The van der Waals surface area contributed by atoms with E-state index >= 15 is 0 Å². The largest absolute Gasteiger partial charge is 0.450 e. The fourth-order valence-corrected chi connectivity index (χ4v) is 14.6. The van der Waals surface area contributed by atoms with E-state index in [1.165, 1.54) is 0 Å². The highest BCUT2D eigenvalue weighted by Crippen LogP contribution is 2.67. The maximum Gasteiger partial charge on any atom is 0.226 e. The predicted molar refractivity (Wildman–Crippen MR) is 152 cm³/mol. The minimum absolute atomic E-state index is 0.0154. The molecule has 0 unspecified atom stereocenters. The van der Waals surface area contributed by atoms with Crippen molar-refractivity contribution in [3.8, 4) is 0 Å². The summed E-state index contributed by atoms with van der Waals surface area (Å²) in [5.74, 6) is 0.380. The van der Waals surface area contributed by atoms with Crippen molar-refractivity contribution in [2.45, 2.75) is 103 Å². The number of aliphatic hydroxyl groups excluding tert-OH is 2. The lowest BCUT2D eigenvalue weighted by molar-refractivity contribution is -0.180. The molecule has 0 aromatic rings. The zero-order valence-corrected chi connectivity index (χ0v) is 25.9. The second-order valence-corrected chi connectivity index (χ2v) is 22.0. The average molecular weight is 551 g/mol. The molecule has 4 aliphatic rings. The lowest BCUT2D eigenvalue weighted by Gasteiger charge is -2.60. The van der Waals surface area contributed by atoms with Crippen LogP contribution in [0.15, 0.2) is 24.6 Å². The van der Waals surface area contributed by atoms with Crippen molar-refractivity contribution in [1.29, 1.82) is 0 Å². The van der Waals surface area contributed by atoms with Crippen molar-refractivity contribution in [2.75, 3.05) is 6.61 Å². The van der Waals surface area contributed by atoms with Crippen LogP contribution in [0.2, 0.25) is 26.2 Å². The molecule has 0 spiro atoms. The molecule has 0 radical (unpaired) electrons. The number of aliphatic hydroxyl groups is 3. The van der Waals surface area contributed by atoms with E-state index in [2.05, 4.69) is 46.3 Å². The lowest BCUT2D eigenvalue weighted by Crippen LogP contribution is -2.62. The molecule has 0 amide bonds. The number of rotatable bonds is 6. The van der Waals surface area contributed by atoms with E-state index in [1.807, 2.05) is 18.3 Å². The van der Waals surface area contributed by atoms with Gasteiger partial charge >= 0.3 is 0 Å². The molecule has 0 aliphatic heterocycles. The first kappa shape index (κ1) is 30.6. The Morgan fingerprint density at radius 3 is 2.22 bits per heavy atom. The van der Waals surface area contributed by atoms with Crippen LogP contribution in [0.1, 0.15) is 65.2 Å². The number of Topliss-reactive ketones (excluding diaryl/α,β-unsaturated/α-hetero) is 2. The zero-order chi connectivity index (χ0) is 28.0. The summed E-state index contributed by atoms with van der Waals surface area (Å²) >= 11 is 0. The second-order valence-electron chi connectivity index (χ2n) is 13.8. The highest BCUT2D eigenvalue weighted by Gasteiger charge is 2.68. The molecule has 3 N–H and O–H groups in total. The Morgan fingerprint density at radius 1 is 1.08 bits per heavy atom. The van der Waals surface area contributed by atoms with Crippen molar-refractivity contribution in [3.05, 3.63) is 24.6 Å². The van der Waals surface area contributed by atoms with Gasteiger partial charge in [-0.25, -0.2) is 0 Å². The SMILES string of the molecule is C=C[Si](C)(C=C)O[Si](C)(C)C.C[C@]12CC[C@@H](O)C[C@H]1CC[C@@H]1[C@@H]2C(=O)C[C@@]2(C)[C@H]1CC[C@]2(O)C(=O)CO. The molecule has 8 atom stereocenters. The number of fused-ring (bicyclic) bond motifs is 5. The number of hydrogen-bond donors (Lipinski definition) is 3. The molecule has 210 valence electrons. The van der Waals surface area contributed by atoms with Crippen LogP contribution < -0.4 is 0 Å². The number of carbonyl (C=O) groups is 2. The van der Waals surface area contributed by atoms with Crippen LogP contribution in [-0.2, 0) is 13.7 Å². The van der Waals surface area contributed by atoms with E-state index in [0.29, 0.717) is 12.3 Å². The van der Waals surface area contributed by atoms with E-state index in [9.17, 15) is 24.9 Å². The first-order valence-corrected chi connectivity index (χ1v) is 20.0. The van der Waals surface area contributed by atoms with E-state index in [1.54, 1.807) is 0 Å². The highest BCUT2D eigenvalue weighted by atomic mass is 28.4. The van der Waals surface area contributed by atoms with E-state index in [0.717, 1.165) is 38.5 Å². The lowest BCUT2D eigenvalue weighted by atomic mass is 9.44. The fraction of sp³-hybridized carbons (Fsp3) is 0.793. The molecular formula is C29H50O6Si2. The topological polar surface area (TPSA) is 104 Å². The summed E-state index contributed by atoms with van der Waals surface area (Å²) in [7, 11) is -3.16. The highest BCUT2D eigenvalue weighted by molar-refractivity contribution is 6.90. The average Bonchev–Trinajstić information content (AvgIpc) is 3.09. The molecular weight excluding hydrogens is 500 g/mol. The zero-order valence-electron chi connectivity index (χ0n) is 23.9. The molecule has 0 bridgehead atoms. The molecule has 4 aliphatic carbocycles. The van der Waals surface area contributed by atoms with Crippen molar-refractivity contribution in [2.24, 2.45) is 34.5 Å². The molecule has 4 rings (SSSR count). The van der Waals surface area contributed by atoms with Crippen LogP contribution in [-0.4, -0.2) is 61.8 Å². The standard InChI is InChI=1S/C21H32O5.C8H18OSi2/c1-19-7-5-13(23)9-12(19)3-4-14-15-6-8-21(26,17(25)11-22)20(15,2)10-16(24)18(14)19;1-7-11(6,8-2)9-10(3,4)5/h12-15,18,22-23,26H,3-11H2,1-2H3;7-8H,1-2H2,3-6H3/t12-,13-,14+,15+,18-,19+,20+,21+;/m1./s1. The molecule has 4 fully saturated rings. The third-order valence-electron chi connectivity index (χ3n) is 10.4. The molecule has 0 saturated heterocycles. The summed E-state index contributed by atoms with van der Waals surface area (Å²) < 4.78 is 5.97. The van der Waals surface area contributed by atoms with Gasteiger partial charge in [0.1, 0.15) is 18.0 Å². The molecule has 0 aromatic carbocycles. The number of hydrogen-bond acceptors (Lipinski definition) is 6. The van der Waals surface area contributed by atoms with E-state index in [4.69, 9.17) is 4.12 Å². The third kappa shape index (κ3) is 5.43. The Kier molecular flexibility index (Phi) is 8.76. The van der Waals surface area contributed by atoms with Crippen LogP contribution in [0.5, 0.6) is 0 Å². The van der Waals surface area contributed by atoms with Crippen molar-refractivity contribution >= 4 is 28.2 Å². The summed E-state index contributed by atoms with van der Waals surface area (Å²) in [6, 6.07) is 0. The summed E-state index contributed by atoms with van der Waals surface area (Å²) in [6.07, 6.45) is 5.47. The first-order chi connectivity index (χ1) is 17.0.